The third kappa shape index (κ3) is 3.70. The second-order valence-electron chi connectivity index (χ2n) is 5.85. The van der Waals surface area contributed by atoms with Crippen molar-refractivity contribution in [3.8, 4) is 0 Å². The van der Waals surface area contributed by atoms with E-state index in [1.54, 1.807) is 0 Å². The number of nitrogens with zero attached hydrogens (tertiary/aromatic N) is 3. The van der Waals surface area contributed by atoms with Gasteiger partial charge < -0.3 is 10.2 Å². The highest BCUT2D eigenvalue weighted by molar-refractivity contribution is 5.54. The van der Waals surface area contributed by atoms with E-state index in [1.165, 1.54) is 11.3 Å². The van der Waals surface area contributed by atoms with Gasteiger partial charge in [0.05, 0.1) is 0 Å². The molecule has 112 valence electrons. The van der Waals surface area contributed by atoms with Gasteiger partial charge in [-0.25, -0.2) is 0 Å². The van der Waals surface area contributed by atoms with Crippen LogP contribution in [-0.2, 0) is 6.54 Å². The van der Waals surface area contributed by atoms with Crippen LogP contribution in [0.3, 0.4) is 0 Å². The Morgan fingerprint density at radius 3 is 2.55 bits per heavy atom. The maximum absolute atomic E-state index is 4.45. The van der Waals surface area contributed by atoms with E-state index in [0.29, 0.717) is 6.04 Å². The topological polar surface area (TPSA) is 31.4 Å². The number of hydrogen-bond donors (Lipinski definition) is 1. The van der Waals surface area contributed by atoms with Gasteiger partial charge in [-0.3, -0.25) is 9.88 Å². The molecule has 1 saturated heterocycles. The smallest absolute Gasteiger partial charge is 0.0446 e. The Labute approximate surface area is 123 Å². The Hall–Kier alpha value is -1.13. The first-order valence-corrected chi connectivity index (χ1v) is 7.77. The van der Waals surface area contributed by atoms with E-state index in [-0.39, 0.29) is 0 Å². The number of aryl methyl sites for hydroxylation is 1. The Bertz CT molecular complexity index is 422. The molecule has 20 heavy (non-hydrogen) atoms. The maximum atomic E-state index is 4.45. The molecule has 0 spiro atoms. The first-order chi connectivity index (χ1) is 9.61. The molecule has 1 N–H and O–H groups in total. The fraction of sp³-hybridized carbons (Fsp3) is 0.688. The van der Waals surface area contributed by atoms with Crippen molar-refractivity contribution in [1.82, 2.24) is 15.2 Å². The van der Waals surface area contributed by atoms with Crippen molar-refractivity contribution in [2.24, 2.45) is 0 Å². The van der Waals surface area contributed by atoms with E-state index >= 15 is 0 Å². The largest absolute Gasteiger partial charge is 0.369 e. The molecule has 1 aromatic heterocycles. The molecule has 1 aliphatic heterocycles. The van der Waals surface area contributed by atoms with Crippen molar-refractivity contribution in [3.63, 3.8) is 0 Å². The monoisotopic (exact) mass is 276 g/mol. The highest BCUT2D eigenvalue weighted by Crippen LogP contribution is 2.22. The number of aromatic nitrogens is 1. The summed E-state index contributed by atoms with van der Waals surface area (Å²) in [6.45, 7) is 15.2. The van der Waals surface area contributed by atoms with Crippen molar-refractivity contribution in [1.29, 1.82) is 0 Å². The predicted molar refractivity (Wildman–Crippen MR) is 85.3 cm³/mol. The zero-order valence-electron chi connectivity index (χ0n) is 13.3. The van der Waals surface area contributed by atoms with Crippen molar-refractivity contribution in [3.05, 3.63) is 23.5 Å². The minimum absolute atomic E-state index is 0.651. The standard InChI is InChI=1S/C16H28N4/c1-5-17-11-15-12-18-14(4)10-16(15)20-8-6-19(7-9-20)13(2)3/h10,12-13,17H,5-9,11H2,1-4H3. The van der Waals surface area contributed by atoms with Crippen LogP contribution in [0.2, 0.25) is 0 Å². The van der Waals surface area contributed by atoms with Gasteiger partial charge in [0, 0.05) is 61.9 Å². The molecule has 0 radical (unpaired) electrons. The first-order valence-electron chi connectivity index (χ1n) is 7.77. The Kier molecular flexibility index (Phi) is 5.38. The fourth-order valence-electron chi connectivity index (χ4n) is 2.74. The fourth-order valence-corrected chi connectivity index (χ4v) is 2.74. The minimum Gasteiger partial charge on any atom is -0.369 e. The van der Waals surface area contributed by atoms with E-state index in [2.05, 4.69) is 53.9 Å². The van der Waals surface area contributed by atoms with Gasteiger partial charge in [-0.15, -0.1) is 0 Å². The molecule has 0 unspecified atom stereocenters. The third-order valence-corrected chi connectivity index (χ3v) is 4.05. The summed E-state index contributed by atoms with van der Waals surface area (Å²) >= 11 is 0. The molecular formula is C16H28N4. The molecule has 1 aromatic rings. The lowest BCUT2D eigenvalue weighted by Gasteiger charge is -2.39. The molecular weight excluding hydrogens is 248 g/mol. The van der Waals surface area contributed by atoms with Crippen LogP contribution in [0, 0.1) is 6.92 Å². The molecule has 0 bridgehead atoms. The van der Waals surface area contributed by atoms with E-state index in [1.807, 2.05) is 6.20 Å². The highest BCUT2D eigenvalue weighted by atomic mass is 15.3. The minimum atomic E-state index is 0.651. The van der Waals surface area contributed by atoms with Crippen LogP contribution in [0.15, 0.2) is 12.3 Å². The SMILES string of the molecule is CCNCc1cnc(C)cc1N1CCN(C(C)C)CC1. The molecule has 1 aliphatic rings. The molecule has 2 rings (SSSR count). The van der Waals surface area contributed by atoms with Gasteiger partial charge in [0.2, 0.25) is 0 Å². The predicted octanol–water partition coefficient (Wildman–Crippen LogP) is 2.03. The summed E-state index contributed by atoms with van der Waals surface area (Å²) in [5.74, 6) is 0. The average Bonchev–Trinajstić information content (AvgIpc) is 2.46. The lowest BCUT2D eigenvalue weighted by Crippen LogP contribution is -2.49. The summed E-state index contributed by atoms with van der Waals surface area (Å²) in [7, 11) is 0. The van der Waals surface area contributed by atoms with Gasteiger partial charge in [0.15, 0.2) is 0 Å². The maximum Gasteiger partial charge on any atom is 0.0446 e. The Morgan fingerprint density at radius 2 is 1.95 bits per heavy atom. The van der Waals surface area contributed by atoms with Crippen LogP contribution in [0.4, 0.5) is 5.69 Å². The normalized spacial score (nSPS) is 16.9. The first kappa shape index (κ1) is 15.3. The van der Waals surface area contributed by atoms with Crippen LogP contribution in [0.5, 0.6) is 0 Å². The van der Waals surface area contributed by atoms with Crippen molar-refractivity contribution < 1.29 is 0 Å². The van der Waals surface area contributed by atoms with Crippen LogP contribution in [0.1, 0.15) is 32.0 Å². The summed E-state index contributed by atoms with van der Waals surface area (Å²) in [6, 6.07) is 2.88. The van der Waals surface area contributed by atoms with E-state index in [9.17, 15) is 0 Å². The second-order valence-corrected chi connectivity index (χ2v) is 5.85. The molecule has 4 nitrogen and oxygen atoms in total. The van der Waals surface area contributed by atoms with Gasteiger partial charge in [-0.1, -0.05) is 6.92 Å². The molecule has 0 aliphatic carbocycles. The summed E-state index contributed by atoms with van der Waals surface area (Å²) < 4.78 is 0. The van der Waals surface area contributed by atoms with Gasteiger partial charge in [0.25, 0.3) is 0 Å². The van der Waals surface area contributed by atoms with Crippen molar-refractivity contribution >= 4 is 5.69 Å². The number of piperazine rings is 1. The van der Waals surface area contributed by atoms with Crippen LogP contribution >= 0.6 is 0 Å². The summed E-state index contributed by atoms with van der Waals surface area (Å²) in [5.41, 5.74) is 3.78. The molecule has 4 heteroatoms. The lowest BCUT2D eigenvalue weighted by molar-refractivity contribution is 0.209. The van der Waals surface area contributed by atoms with Gasteiger partial charge in [-0.05, 0) is 33.4 Å². The molecule has 0 amide bonds. The van der Waals surface area contributed by atoms with Gasteiger partial charge >= 0.3 is 0 Å². The van der Waals surface area contributed by atoms with Gasteiger partial charge in [-0.2, -0.15) is 0 Å². The summed E-state index contributed by atoms with van der Waals surface area (Å²) in [6.07, 6.45) is 2.03. The zero-order chi connectivity index (χ0) is 14.5. The lowest BCUT2D eigenvalue weighted by atomic mass is 10.1. The highest BCUT2D eigenvalue weighted by Gasteiger charge is 2.20. The number of hydrogen-bond acceptors (Lipinski definition) is 4. The summed E-state index contributed by atoms with van der Waals surface area (Å²) in [4.78, 5) is 9.52. The zero-order valence-corrected chi connectivity index (χ0v) is 13.3. The molecule has 0 atom stereocenters. The summed E-state index contributed by atoms with van der Waals surface area (Å²) in [5, 5.41) is 3.41. The Morgan fingerprint density at radius 1 is 1.25 bits per heavy atom. The molecule has 0 saturated carbocycles. The van der Waals surface area contributed by atoms with Crippen LogP contribution in [-0.4, -0.2) is 48.6 Å². The van der Waals surface area contributed by atoms with E-state index < -0.39 is 0 Å². The van der Waals surface area contributed by atoms with Gasteiger partial charge in [0.1, 0.15) is 0 Å². The number of anilines is 1. The average molecular weight is 276 g/mol. The van der Waals surface area contributed by atoms with E-state index in [0.717, 1.165) is 45.0 Å². The van der Waals surface area contributed by atoms with Crippen molar-refractivity contribution in [2.75, 3.05) is 37.6 Å². The van der Waals surface area contributed by atoms with Crippen LogP contribution in [0.25, 0.3) is 0 Å². The molecule has 1 fully saturated rings. The van der Waals surface area contributed by atoms with E-state index in [4.69, 9.17) is 0 Å². The number of rotatable bonds is 5. The van der Waals surface area contributed by atoms with Crippen molar-refractivity contribution in [2.45, 2.75) is 40.3 Å². The Balaban J connectivity index is 2.09. The molecule has 2 heterocycles. The number of pyridine rings is 1. The molecule has 0 aromatic carbocycles. The van der Waals surface area contributed by atoms with Crippen LogP contribution < -0.4 is 10.2 Å². The number of nitrogens with one attached hydrogen (secondary N) is 1. The quantitative estimate of drug-likeness (QED) is 0.891. The second kappa shape index (κ2) is 7.04. The third-order valence-electron chi connectivity index (χ3n) is 4.05.